The van der Waals surface area contributed by atoms with E-state index < -0.39 is 0 Å². The Morgan fingerprint density at radius 3 is 1.54 bits per heavy atom. The normalized spacial score (nSPS) is 87.0. The second-order valence-electron chi connectivity index (χ2n) is 10.9. The molecule has 126 valence electrons. The highest BCUT2D eigenvalue weighted by Gasteiger charge is 2.96. The highest BCUT2D eigenvalue weighted by molar-refractivity contribution is 5.40. The highest BCUT2D eigenvalue weighted by Crippen LogP contribution is 2.89. The third kappa shape index (κ3) is 0.758. The average molecular weight is 326 g/mol. The van der Waals surface area contributed by atoms with Gasteiger partial charge in [-0.2, -0.15) is 0 Å². The molecule has 0 amide bonds. The molecule has 4 nitrogen and oxygen atoms in total. The molecule has 10 fully saturated rings. The minimum atomic E-state index is 0.136. The Labute approximate surface area is 140 Å². The molecule has 4 aliphatic heterocycles. The molecular weight excluding hydrogens is 304 g/mol. The average Bonchev–Trinajstić information content (AvgIpc) is 3.01. The zero-order valence-corrected chi connectivity index (χ0v) is 13.5. The van der Waals surface area contributed by atoms with Crippen molar-refractivity contribution in [3.8, 4) is 0 Å². The van der Waals surface area contributed by atoms with E-state index in [0.29, 0.717) is 12.2 Å². The summed E-state index contributed by atoms with van der Waals surface area (Å²) in [6.45, 7) is 0. The van der Waals surface area contributed by atoms with Crippen LogP contribution in [0.25, 0.3) is 0 Å². The fraction of sp³-hybridized carbons (Fsp3) is 1.00. The Bertz CT molecular complexity index is 692. The molecule has 10 rings (SSSR count). The highest BCUT2D eigenvalue weighted by atomic mass is 16.8. The zero-order valence-electron chi connectivity index (χ0n) is 13.5. The third-order valence-corrected chi connectivity index (χ3v) is 11.2. The first-order valence-corrected chi connectivity index (χ1v) is 10.5. The first kappa shape index (κ1) is 11.5. The maximum absolute atomic E-state index is 6.55. The first-order valence-electron chi connectivity index (χ1n) is 10.5. The van der Waals surface area contributed by atoms with Crippen molar-refractivity contribution < 1.29 is 18.9 Å². The van der Waals surface area contributed by atoms with Gasteiger partial charge in [-0.15, -0.1) is 0 Å². The summed E-state index contributed by atoms with van der Waals surface area (Å²) in [5.41, 5.74) is 0.271. The van der Waals surface area contributed by atoms with Gasteiger partial charge in [-0.05, 0) is 61.2 Å². The number of fused-ring (bicyclic) bond motifs is 2. The minimum Gasteiger partial charge on any atom is -0.346 e. The summed E-state index contributed by atoms with van der Waals surface area (Å²) in [6.07, 6.45) is 6.57. The maximum Gasteiger partial charge on any atom is 0.188 e. The van der Waals surface area contributed by atoms with Crippen molar-refractivity contribution in [1.29, 1.82) is 0 Å². The minimum absolute atomic E-state index is 0.136. The fourth-order valence-electron chi connectivity index (χ4n) is 11.4. The zero-order chi connectivity index (χ0) is 14.7. The first-order chi connectivity index (χ1) is 11.9. The van der Waals surface area contributed by atoms with Crippen molar-refractivity contribution in [2.24, 2.45) is 59.2 Å². The Hall–Kier alpha value is -0.160. The predicted octanol–water partition coefficient (Wildman–Crippen LogP) is 1.78. The van der Waals surface area contributed by atoms with Gasteiger partial charge in [0.25, 0.3) is 0 Å². The molecule has 0 unspecified atom stereocenters. The second kappa shape index (κ2) is 2.85. The smallest absolute Gasteiger partial charge is 0.188 e. The molecule has 6 aliphatic carbocycles. The van der Waals surface area contributed by atoms with Gasteiger partial charge < -0.3 is 18.9 Å². The monoisotopic (exact) mass is 326 g/mol. The molecule has 16 atom stereocenters. The van der Waals surface area contributed by atoms with Gasteiger partial charge in [0.2, 0.25) is 0 Å². The van der Waals surface area contributed by atoms with E-state index in [1.807, 2.05) is 0 Å². The van der Waals surface area contributed by atoms with Gasteiger partial charge in [-0.1, -0.05) is 0 Å². The van der Waals surface area contributed by atoms with Crippen LogP contribution >= 0.6 is 0 Å². The standard InChI is InChI=1S/C20H22O4/c1-3-7-9-5(1)13-11-12-14(20(15(9)11)18(21-7)24-20)6-2-4-8-10(6)16(12)19(13)17(22-8)23-19/h5-18H,1-4H2/t5-,6+,7-,8-,9-,10-,11+,12+,13-,14+,15+,16+,17-,18+,19-,20+/m0/s1. The van der Waals surface area contributed by atoms with Gasteiger partial charge >= 0.3 is 0 Å². The summed E-state index contributed by atoms with van der Waals surface area (Å²) < 4.78 is 26.2. The van der Waals surface area contributed by atoms with E-state index in [2.05, 4.69) is 0 Å². The number of rotatable bonds is 0. The molecule has 4 saturated heterocycles. The van der Waals surface area contributed by atoms with E-state index in [9.17, 15) is 0 Å². The lowest BCUT2D eigenvalue weighted by molar-refractivity contribution is -0.0794. The third-order valence-electron chi connectivity index (χ3n) is 11.2. The van der Waals surface area contributed by atoms with Gasteiger partial charge in [0.1, 0.15) is 11.2 Å². The molecule has 10 aliphatic rings. The van der Waals surface area contributed by atoms with Crippen molar-refractivity contribution in [3.05, 3.63) is 0 Å². The second-order valence-corrected chi connectivity index (χ2v) is 10.9. The summed E-state index contributed by atoms with van der Waals surface area (Å²) in [5, 5.41) is 0. The van der Waals surface area contributed by atoms with Crippen LogP contribution in [0.3, 0.4) is 0 Å². The fourth-order valence-corrected chi connectivity index (χ4v) is 11.4. The summed E-state index contributed by atoms with van der Waals surface area (Å²) >= 11 is 0. The van der Waals surface area contributed by atoms with Crippen molar-refractivity contribution in [1.82, 2.24) is 0 Å². The molecule has 2 spiro atoms. The summed E-state index contributed by atoms with van der Waals surface area (Å²) in [7, 11) is 0. The van der Waals surface area contributed by atoms with E-state index in [-0.39, 0.29) is 23.8 Å². The van der Waals surface area contributed by atoms with Crippen LogP contribution in [0.15, 0.2) is 0 Å². The molecule has 0 aromatic carbocycles. The molecule has 24 heavy (non-hydrogen) atoms. The molecule has 0 N–H and O–H groups in total. The lowest BCUT2D eigenvalue weighted by atomic mass is 9.70. The largest absolute Gasteiger partial charge is 0.346 e. The lowest BCUT2D eigenvalue weighted by Crippen LogP contribution is -2.47. The lowest BCUT2D eigenvalue weighted by Gasteiger charge is -2.38. The Morgan fingerprint density at radius 1 is 0.542 bits per heavy atom. The maximum atomic E-state index is 6.55. The van der Waals surface area contributed by atoms with Crippen molar-refractivity contribution in [2.45, 2.75) is 61.7 Å². The van der Waals surface area contributed by atoms with Crippen molar-refractivity contribution in [2.75, 3.05) is 0 Å². The Kier molecular flexibility index (Phi) is 1.37. The molecular formula is C20H22O4. The Balaban J connectivity index is 1.32. The van der Waals surface area contributed by atoms with Crippen LogP contribution in [-0.2, 0) is 18.9 Å². The topological polar surface area (TPSA) is 43.5 Å². The number of epoxide rings is 2. The number of ether oxygens (including phenoxy) is 4. The molecule has 0 aromatic rings. The van der Waals surface area contributed by atoms with Crippen LogP contribution in [0.4, 0.5) is 0 Å². The van der Waals surface area contributed by atoms with E-state index in [0.717, 1.165) is 59.2 Å². The van der Waals surface area contributed by atoms with Crippen LogP contribution in [0.1, 0.15) is 25.7 Å². The summed E-state index contributed by atoms with van der Waals surface area (Å²) in [6, 6.07) is 0. The van der Waals surface area contributed by atoms with Gasteiger partial charge in [-0.25, -0.2) is 0 Å². The van der Waals surface area contributed by atoms with Gasteiger partial charge in [0, 0.05) is 23.7 Å². The molecule has 4 heteroatoms. The van der Waals surface area contributed by atoms with Gasteiger partial charge in [0.05, 0.1) is 12.2 Å². The summed E-state index contributed by atoms with van der Waals surface area (Å²) in [4.78, 5) is 0. The molecule has 0 radical (unpaired) electrons. The van der Waals surface area contributed by atoms with Crippen LogP contribution < -0.4 is 0 Å². The SMILES string of the molecule is C1C[C@@H]2O[C@H]3O[C@@]34[C@@H]3[C@H]2[C@@H]1[C@@H]1[C@H]3[C@H]2[C@H]3[C@H]5[C@H](CC[C@@H]5O[C@@H]5O[C@@]531)[C@@H]24. The quantitative estimate of drug-likeness (QED) is 0.637. The molecule has 6 saturated carbocycles. The van der Waals surface area contributed by atoms with Crippen molar-refractivity contribution in [3.63, 3.8) is 0 Å². The van der Waals surface area contributed by atoms with Crippen LogP contribution in [-0.4, -0.2) is 36.0 Å². The van der Waals surface area contributed by atoms with Gasteiger partial charge in [0.15, 0.2) is 12.6 Å². The van der Waals surface area contributed by atoms with Crippen LogP contribution in [0.5, 0.6) is 0 Å². The number of hydrogen-bond acceptors (Lipinski definition) is 4. The van der Waals surface area contributed by atoms with E-state index >= 15 is 0 Å². The van der Waals surface area contributed by atoms with Crippen molar-refractivity contribution >= 4 is 0 Å². The predicted molar refractivity (Wildman–Crippen MR) is 78.3 cm³/mol. The van der Waals surface area contributed by atoms with E-state index in [1.165, 1.54) is 25.7 Å². The molecule has 0 bridgehead atoms. The summed E-state index contributed by atoms with van der Waals surface area (Å²) in [5.74, 6) is 8.14. The van der Waals surface area contributed by atoms with Crippen LogP contribution in [0.2, 0.25) is 0 Å². The van der Waals surface area contributed by atoms with Gasteiger partial charge in [-0.3, -0.25) is 0 Å². The number of hydrogen-bond donors (Lipinski definition) is 0. The molecule has 4 heterocycles. The van der Waals surface area contributed by atoms with Crippen LogP contribution in [0, 0.1) is 59.2 Å². The molecule has 0 aromatic heterocycles. The van der Waals surface area contributed by atoms with E-state index in [4.69, 9.17) is 18.9 Å². The van der Waals surface area contributed by atoms with E-state index in [1.54, 1.807) is 0 Å². The Morgan fingerprint density at radius 2 is 1.04 bits per heavy atom.